The van der Waals surface area contributed by atoms with E-state index in [0.717, 1.165) is 34.7 Å². The SMILES string of the molecule is Cc1cc2c(NCCc3ccn(C)n3)nc(NN)nc2s1. The van der Waals surface area contributed by atoms with Gasteiger partial charge < -0.3 is 5.32 Å². The Bertz CT molecular complexity index is 761. The molecule has 3 heterocycles. The minimum absolute atomic E-state index is 0.421. The van der Waals surface area contributed by atoms with Crippen molar-refractivity contribution in [2.45, 2.75) is 13.3 Å². The van der Waals surface area contributed by atoms with E-state index in [9.17, 15) is 0 Å². The molecule has 3 aromatic rings. The molecule has 0 aromatic carbocycles. The van der Waals surface area contributed by atoms with Crippen molar-refractivity contribution < 1.29 is 0 Å². The Balaban J connectivity index is 1.78. The van der Waals surface area contributed by atoms with Gasteiger partial charge in [0.25, 0.3) is 0 Å². The highest BCUT2D eigenvalue weighted by molar-refractivity contribution is 7.18. The van der Waals surface area contributed by atoms with E-state index < -0.39 is 0 Å². The maximum Gasteiger partial charge on any atom is 0.240 e. The first-order valence-corrected chi connectivity index (χ1v) is 7.44. The van der Waals surface area contributed by atoms with Crippen LogP contribution in [0.2, 0.25) is 0 Å². The van der Waals surface area contributed by atoms with Crippen molar-refractivity contribution in [2.24, 2.45) is 12.9 Å². The van der Waals surface area contributed by atoms with E-state index in [1.165, 1.54) is 4.88 Å². The quantitative estimate of drug-likeness (QED) is 0.490. The molecule has 0 bridgehead atoms. The minimum atomic E-state index is 0.421. The van der Waals surface area contributed by atoms with Crippen molar-refractivity contribution in [2.75, 3.05) is 17.3 Å². The van der Waals surface area contributed by atoms with Gasteiger partial charge in [-0.3, -0.25) is 10.1 Å². The van der Waals surface area contributed by atoms with E-state index >= 15 is 0 Å². The number of hydrogen-bond acceptors (Lipinski definition) is 7. The number of nitrogens with zero attached hydrogens (tertiary/aromatic N) is 4. The van der Waals surface area contributed by atoms with Crippen LogP contribution in [0, 0.1) is 6.92 Å². The van der Waals surface area contributed by atoms with Crippen molar-refractivity contribution >= 4 is 33.3 Å². The Morgan fingerprint density at radius 2 is 2.24 bits per heavy atom. The smallest absolute Gasteiger partial charge is 0.240 e. The Kier molecular flexibility index (Phi) is 3.72. The first-order chi connectivity index (χ1) is 10.2. The first kappa shape index (κ1) is 13.8. The highest BCUT2D eigenvalue weighted by atomic mass is 32.1. The van der Waals surface area contributed by atoms with Crippen molar-refractivity contribution in [1.29, 1.82) is 0 Å². The molecular weight excluding hydrogens is 286 g/mol. The molecule has 0 aliphatic carbocycles. The number of hydrogen-bond donors (Lipinski definition) is 3. The van der Waals surface area contributed by atoms with Crippen molar-refractivity contribution in [3.05, 3.63) is 28.9 Å². The molecule has 8 heteroatoms. The number of fused-ring (bicyclic) bond motifs is 1. The summed E-state index contributed by atoms with van der Waals surface area (Å²) < 4.78 is 1.80. The van der Waals surface area contributed by atoms with Gasteiger partial charge in [-0.1, -0.05) is 0 Å². The van der Waals surface area contributed by atoms with Crippen LogP contribution in [0.25, 0.3) is 10.2 Å². The molecule has 0 radical (unpaired) electrons. The van der Waals surface area contributed by atoms with Crippen molar-refractivity contribution in [3.63, 3.8) is 0 Å². The molecule has 0 unspecified atom stereocenters. The number of thiophene rings is 1. The molecule has 0 saturated carbocycles. The van der Waals surface area contributed by atoms with Gasteiger partial charge in [0.1, 0.15) is 10.6 Å². The van der Waals surface area contributed by atoms with Gasteiger partial charge in [-0.05, 0) is 19.1 Å². The third kappa shape index (κ3) is 2.96. The highest BCUT2D eigenvalue weighted by Crippen LogP contribution is 2.29. The molecular formula is C13H17N7S. The normalized spacial score (nSPS) is 11.0. The zero-order valence-electron chi connectivity index (χ0n) is 11.9. The van der Waals surface area contributed by atoms with Crippen molar-refractivity contribution in [3.8, 4) is 0 Å². The maximum absolute atomic E-state index is 5.43. The standard InChI is InChI=1S/C13H17N7S/c1-8-7-10-11(16-13(18-14)17-12(10)21-8)15-5-3-9-4-6-20(2)19-9/h4,6-7H,3,5,14H2,1-2H3,(H2,15,16,17,18). The third-order valence-corrected chi connectivity index (χ3v) is 4.03. The third-order valence-electron chi connectivity index (χ3n) is 3.09. The average Bonchev–Trinajstić information content (AvgIpc) is 3.03. The van der Waals surface area contributed by atoms with Gasteiger partial charge in [-0.15, -0.1) is 11.3 Å². The maximum atomic E-state index is 5.43. The van der Waals surface area contributed by atoms with Crippen LogP contribution < -0.4 is 16.6 Å². The Morgan fingerprint density at radius 3 is 2.95 bits per heavy atom. The predicted octanol–water partition coefficient (Wildman–Crippen LogP) is 1.67. The number of rotatable bonds is 5. The monoisotopic (exact) mass is 303 g/mol. The average molecular weight is 303 g/mol. The lowest BCUT2D eigenvalue weighted by Gasteiger charge is -2.07. The summed E-state index contributed by atoms with van der Waals surface area (Å²) in [7, 11) is 1.91. The number of hydrazine groups is 1. The van der Waals surface area contributed by atoms with Crippen molar-refractivity contribution in [1.82, 2.24) is 19.7 Å². The van der Waals surface area contributed by atoms with Crippen LogP contribution in [0.5, 0.6) is 0 Å². The van der Waals surface area contributed by atoms with Gasteiger partial charge in [-0.25, -0.2) is 10.8 Å². The first-order valence-electron chi connectivity index (χ1n) is 6.63. The van der Waals surface area contributed by atoms with Gasteiger partial charge in [0.05, 0.1) is 11.1 Å². The summed E-state index contributed by atoms with van der Waals surface area (Å²) >= 11 is 1.63. The summed E-state index contributed by atoms with van der Waals surface area (Å²) in [5, 5.41) is 8.73. The van der Waals surface area contributed by atoms with Crippen LogP contribution in [0.1, 0.15) is 10.6 Å². The molecule has 7 nitrogen and oxygen atoms in total. The second-order valence-electron chi connectivity index (χ2n) is 4.77. The number of nitrogens with two attached hydrogens (primary N) is 1. The predicted molar refractivity (Wildman–Crippen MR) is 85.4 cm³/mol. The van der Waals surface area contributed by atoms with Gasteiger partial charge in [0.2, 0.25) is 5.95 Å². The van der Waals surface area contributed by atoms with E-state index in [4.69, 9.17) is 5.84 Å². The van der Waals surface area contributed by atoms with E-state index in [2.05, 4.69) is 38.8 Å². The number of aryl methyl sites for hydroxylation is 2. The number of anilines is 2. The number of aromatic nitrogens is 4. The van der Waals surface area contributed by atoms with Crippen LogP contribution in [0.3, 0.4) is 0 Å². The van der Waals surface area contributed by atoms with E-state index in [-0.39, 0.29) is 0 Å². The molecule has 3 rings (SSSR count). The van der Waals surface area contributed by atoms with Crippen LogP contribution in [0.4, 0.5) is 11.8 Å². The topological polar surface area (TPSA) is 93.7 Å². The molecule has 0 aliphatic rings. The molecule has 0 aliphatic heterocycles. The fraction of sp³-hybridized carbons (Fsp3) is 0.308. The van der Waals surface area contributed by atoms with Gasteiger partial charge in [0.15, 0.2) is 0 Å². The Morgan fingerprint density at radius 1 is 1.38 bits per heavy atom. The molecule has 0 amide bonds. The lowest BCUT2D eigenvalue weighted by atomic mass is 10.3. The molecule has 0 saturated heterocycles. The molecule has 4 N–H and O–H groups in total. The van der Waals surface area contributed by atoms with Gasteiger partial charge in [0, 0.05) is 31.1 Å². The van der Waals surface area contributed by atoms with E-state index in [1.807, 2.05) is 19.3 Å². The molecule has 3 aromatic heterocycles. The molecule has 21 heavy (non-hydrogen) atoms. The molecule has 110 valence electrons. The molecule has 0 spiro atoms. The number of nitrogen functional groups attached to an aromatic ring is 1. The second-order valence-corrected chi connectivity index (χ2v) is 6.01. The fourth-order valence-electron chi connectivity index (χ4n) is 2.15. The van der Waals surface area contributed by atoms with Crippen LogP contribution in [0.15, 0.2) is 18.3 Å². The Hall–Kier alpha value is -2.19. The highest BCUT2D eigenvalue weighted by Gasteiger charge is 2.10. The minimum Gasteiger partial charge on any atom is -0.369 e. The second kappa shape index (κ2) is 5.66. The zero-order valence-corrected chi connectivity index (χ0v) is 12.7. The summed E-state index contributed by atoms with van der Waals surface area (Å²) in [6, 6.07) is 4.10. The molecule has 0 fully saturated rings. The lowest BCUT2D eigenvalue weighted by Crippen LogP contribution is -2.13. The summed E-state index contributed by atoms with van der Waals surface area (Å²) in [5.74, 6) is 6.65. The van der Waals surface area contributed by atoms with E-state index in [0.29, 0.717) is 5.95 Å². The van der Waals surface area contributed by atoms with Crippen LogP contribution >= 0.6 is 11.3 Å². The summed E-state index contributed by atoms with van der Waals surface area (Å²) in [6.07, 6.45) is 2.78. The molecule has 0 atom stereocenters. The zero-order chi connectivity index (χ0) is 14.8. The lowest BCUT2D eigenvalue weighted by molar-refractivity contribution is 0.742. The summed E-state index contributed by atoms with van der Waals surface area (Å²) in [6.45, 7) is 2.81. The largest absolute Gasteiger partial charge is 0.369 e. The van der Waals surface area contributed by atoms with Gasteiger partial charge >= 0.3 is 0 Å². The van der Waals surface area contributed by atoms with Crippen LogP contribution in [-0.2, 0) is 13.5 Å². The number of nitrogens with one attached hydrogen (secondary N) is 2. The van der Waals surface area contributed by atoms with Gasteiger partial charge in [-0.2, -0.15) is 10.1 Å². The van der Waals surface area contributed by atoms with Crippen LogP contribution in [-0.4, -0.2) is 26.3 Å². The summed E-state index contributed by atoms with van der Waals surface area (Å²) in [4.78, 5) is 10.9. The van der Waals surface area contributed by atoms with E-state index in [1.54, 1.807) is 16.0 Å². The Labute approximate surface area is 126 Å². The fourth-order valence-corrected chi connectivity index (χ4v) is 3.03. The summed E-state index contributed by atoms with van der Waals surface area (Å²) in [5.41, 5.74) is 3.56.